The van der Waals surface area contributed by atoms with Crippen molar-refractivity contribution < 1.29 is 14.2 Å². The monoisotopic (exact) mass is 422 g/mol. The van der Waals surface area contributed by atoms with Crippen molar-refractivity contribution in [3.63, 3.8) is 0 Å². The van der Waals surface area contributed by atoms with Gasteiger partial charge in [-0.15, -0.1) is 0 Å². The lowest BCUT2D eigenvalue weighted by atomic mass is 9.90. The molecule has 0 fully saturated rings. The third-order valence-electron chi connectivity index (χ3n) is 5.79. The van der Waals surface area contributed by atoms with Crippen LogP contribution in [0.2, 0.25) is 0 Å². The Kier molecular flexibility index (Phi) is 6.07. The number of hydrogen-bond acceptors (Lipinski definition) is 3. The van der Waals surface area contributed by atoms with Crippen LogP contribution in [0.25, 0.3) is 0 Å². The summed E-state index contributed by atoms with van der Waals surface area (Å²) in [4.78, 5) is 0. The molecule has 0 spiro atoms. The molecule has 0 radical (unpaired) electrons. The molecule has 5 rings (SSSR count). The number of ether oxygens (including phenoxy) is 3. The molecule has 0 amide bonds. The van der Waals surface area contributed by atoms with Crippen LogP contribution in [-0.4, -0.2) is 6.61 Å². The predicted octanol–water partition coefficient (Wildman–Crippen LogP) is 6.56. The van der Waals surface area contributed by atoms with E-state index in [4.69, 9.17) is 14.2 Å². The van der Waals surface area contributed by atoms with Crippen LogP contribution >= 0.6 is 0 Å². The van der Waals surface area contributed by atoms with E-state index in [1.165, 1.54) is 16.7 Å². The fraction of sp³-hybridized carbons (Fsp3) is 0.172. The molecule has 1 aliphatic heterocycles. The fourth-order valence-electron chi connectivity index (χ4n) is 3.97. The Hall–Kier alpha value is -3.72. The highest BCUT2D eigenvalue weighted by atomic mass is 16.5. The molecule has 0 saturated carbocycles. The van der Waals surface area contributed by atoms with Gasteiger partial charge in [0, 0.05) is 12.0 Å². The molecule has 1 heterocycles. The molecule has 1 aliphatic rings. The van der Waals surface area contributed by atoms with Crippen LogP contribution in [0.15, 0.2) is 103 Å². The Morgan fingerprint density at radius 1 is 0.656 bits per heavy atom. The molecule has 0 aromatic heterocycles. The maximum Gasteiger partial charge on any atom is 0.126 e. The first-order valence-corrected chi connectivity index (χ1v) is 11.0. The first-order chi connectivity index (χ1) is 15.8. The Morgan fingerprint density at radius 2 is 1.25 bits per heavy atom. The van der Waals surface area contributed by atoms with Crippen LogP contribution in [0.3, 0.4) is 0 Å². The fourth-order valence-corrected chi connectivity index (χ4v) is 3.97. The normalized spacial score (nSPS) is 14.8. The van der Waals surface area contributed by atoms with Gasteiger partial charge in [0.05, 0.1) is 6.61 Å². The van der Waals surface area contributed by atoms with Crippen LogP contribution < -0.4 is 14.2 Å². The van der Waals surface area contributed by atoms with Crippen LogP contribution in [0.5, 0.6) is 17.2 Å². The van der Waals surface area contributed by atoms with Gasteiger partial charge in [0.15, 0.2) is 0 Å². The molecule has 4 aromatic rings. The summed E-state index contributed by atoms with van der Waals surface area (Å²) in [5.74, 6) is 2.98. The maximum atomic E-state index is 6.11. The second-order valence-corrected chi connectivity index (χ2v) is 8.10. The van der Waals surface area contributed by atoms with Crippen molar-refractivity contribution in [2.75, 3.05) is 6.61 Å². The SMILES string of the molecule is c1ccc(COc2ccc([C@H]3COc4cc(OCc5ccccc5)ccc4C3)cc2)cc1. The van der Waals surface area contributed by atoms with E-state index in [1.807, 2.05) is 60.7 Å². The second kappa shape index (κ2) is 9.61. The molecule has 0 N–H and O–H groups in total. The molecule has 0 saturated heterocycles. The molecular weight excluding hydrogens is 396 g/mol. The summed E-state index contributed by atoms with van der Waals surface area (Å²) in [5, 5.41) is 0. The quantitative estimate of drug-likeness (QED) is 0.337. The third-order valence-corrected chi connectivity index (χ3v) is 5.79. The average Bonchev–Trinajstić information content (AvgIpc) is 2.87. The lowest BCUT2D eigenvalue weighted by Gasteiger charge is -2.26. The lowest BCUT2D eigenvalue weighted by Crippen LogP contribution is -2.19. The van der Waals surface area contributed by atoms with Crippen molar-refractivity contribution in [1.29, 1.82) is 0 Å². The smallest absolute Gasteiger partial charge is 0.126 e. The summed E-state index contributed by atoms with van der Waals surface area (Å²) in [7, 11) is 0. The Bertz CT molecular complexity index is 1140. The number of hydrogen-bond donors (Lipinski definition) is 0. The zero-order valence-electron chi connectivity index (χ0n) is 17.9. The van der Waals surface area contributed by atoms with Gasteiger partial charge in [-0.25, -0.2) is 0 Å². The predicted molar refractivity (Wildman–Crippen MR) is 126 cm³/mol. The van der Waals surface area contributed by atoms with E-state index in [-0.39, 0.29) is 0 Å². The van der Waals surface area contributed by atoms with E-state index in [2.05, 4.69) is 42.5 Å². The largest absolute Gasteiger partial charge is 0.493 e. The highest BCUT2D eigenvalue weighted by Crippen LogP contribution is 2.35. The van der Waals surface area contributed by atoms with Crippen LogP contribution in [0.1, 0.15) is 28.2 Å². The van der Waals surface area contributed by atoms with Gasteiger partial charge in [-0.2, -0.15) is 0 Å². The first-order valence-electron chi connectivity index (χ1n) is 11.0. The molecule has 160 valence electrons. The number of fused-ring (bicyclic) bond motifs is 1. The van der Waals surface area contributed by atoms with Gasteiger partial charge in [0.25, 0.3) is 0 Å². The van der Waals surface area contributed by atoms with E-state index >= 15 is 0 Å². The molecule has 0 unspecified atom stereocenters. The minimum atomic E-state index is 0.335. The van der Waals surface area contributed by atoms with E-state index < -0.39 is 0 Å². The van der Waals surface area contributed by atoms with E-state index in [9.17, 15) is 0 Å². The minimum absolute atomic E-state index is 0.335. The Balaban J connectivity index is 1.18. The summed E-state index contributed by atoms with van der Waals surface area (Å²) in [5.41, 5.74) is 4.81. The van der Waals surface area contributed by atoms with Crippen molar-refractivity contribution in [2.45, 2.75) is 25.6 Å². The van der Waals surface area contributed by atoms with Gasteiger partial charge in [-0.1, -0.05) is 78.9 Å². The van der Waals surface area contributed by atoms with Gasteiger partial charge in [0.1, 0.15) is 30.5 Å². The summed E-state index contributed by atoms with van der Waals surface area (Å²) in [6.45, 7) is 1.80. The highest BCUT2D eigenvalue weighted by molar-refractivity contribution is 5.44. The van der Waals surface area contributed by atoms with Gasteiger partial charge >= 0.3 is 0 Å². The second-order valence-electron chi connectivity index (χ2n) is 8.10. The maximum absolute atomic E-state index is 6.11. The first kappa shape index (κ1) is 20.2. The van der Waals surface area contributed by atoms with E-state index in [1.54, 1.807) is 0 Å². The molecule has 0 bridgehead atoms. The van der Waals surface area contributed by atoms with Crippen molar-refractivity contribution in [3.8, 4) is 17.2 Å². The van der Waals surface area contributed by atoms with E-state index in [0.29, 0.717) is 25.7 Å². The van der Waals surface area contributed by atoms with E-state index in [0.717, 1.165) is 29.2 Å². The highest BCUT2D eigenvalue weighted by Gasteiger charge is 2.22. The Morgan fingerprint density at radius 3 is 1.91 bits per heavy atom. The van der Waals surface area contributed by atoms with Crippen molar-refractivity contribution in [2.24, 2.45) is 0 Å². The molecule has 0 aliphatic carbocycles. The zero-order valence-corrected chi connectivity index (χ0v) is 17.9. The summed E-state index contributed by atoms with van der Waals surface area (Å²) >= 11 is 0. The number of rotatable bonds is 7. The van der Waals surface area contributed by atoms with Gasteiger partial charge in [-0.3, -0.25) is 0 Å². The standard InChI is InChI=1S/C29H26O3/c1-3-7-22(8-4-1)19-30-27-14-11-24(12-15-27)26-17-25-13-16-28(18-29(25)32-21-26)31-20-23-9-5-2-6-10-23/h1-16,18,26H,17,19-21H2/t26-/m1/s1. The Labute approximate surface area is 189 Å². The molecule has 1 atom stereocenters. The van der Waals surface area contributed by atoms with Gasteiger partial charge < -0.3 is 14.2 Å². The molecule has 4 aromatic carbocycles. The summed E-state index contributed by atoms with van der Waals surface area (Å²) in [6, 6.07) is 35.0. The molecule has 32 heavy (non-hydrogen) atoms. The summed E-state index contributed by atoms with van der Waals surface area (Å²) in [6.07, 6.45) is 0.957. The van der Waals surface area contributed by atoms with Crippen LogP contribution in [-0.2, 0) is 19.6 Å². The topological polar surface area (TPSA) is 27.7 Å². The average molecular weight is 423 g/mol. The van der Waals surface area contributed by atoms with Gasteiger partial charge in [-0.05, 0) is 46.9 Å². The molecule has 3 nitrogen and oxygen atoms in total. The lowest BCUT2D eigenvalue weighted by molar-refractivity contribution is 0.257. The minimum Gasteiger partial charge on any atom is -0.493 e. The molecular formula is C29H26O3. The molecule has 3 heteroatoms. The van der Waals surface area contributed by atoms with Crippen LogP contribution in [0, 0.1) is 0 Å². The van der Waals surface area contributed by atoms with Crippen molar-refractivity contribution >= 4 is 0 Å². The summed E-state index contributed by atoms with van der Waals surface area (Å²) < 4.78 is 18.0. The van der Waals surface area contributed by atoms with Crippen LogP contribution in [0.4, 0.5) is 0 Å². The van der Waals surface area contributed by atoms with Gasteiger partial charge in [0.2, 0.25) is 0 Å². The third kappa shape index (κ3) is 4.94. The van der Waals surface area contributed by atoms with Crippen molar-refractivity contribution in [3.05, 3.63) is 125 Å². The van der Waals surface area contributed by atoms with Crippen molar-refractivity contribution in [1.82, 2.24) is 0 Å². The zero-order chi connectivity index (χ0) is 21.6. The number of benzene rings is 4.